The second-order valence-electron chi connectivity index (χ2n) is 17.0. The topological polar surface area (TPSA) is 152 Å². The monoisotopic (exact) mass is 961 g/mol. The summed E-state index contributed by atoms with van der Waals surface area (Å²) in [6.45, 7) is 4.75. The van der Waals surface area contributed by atoms with Crippen LogP contribution in [0.3, 0.4) is 0 Å². The molecule has 0 aromatic heterocycles. The number of nitro groups is 1. The summed E-state index contributed by atoms with van der Waals surface area (Å²) in [5.41, 5.74) is 4.31. The van der Waals surface area contributed by atoms with Crippen LogP contribution in [0.1, 0.15) is 18.9 Å². The first-order chi connectivity index (χ1) is 31.5. The summed E-state index contributed by atoms with van der Waals surface area (Å²) >= 11 is 7.79. The van der Waals surface area contributed by atoms with Crippen LogP contribution in [-0.4, -0.2) is 109 Å². The van der Waals surface area contributed by atoms with Gasteiger partial charge in [0.05, 0.1) is 21.8 Å². The molecule has 13 nitrogen and oxygen atoms in total. The van der Waals surface area contributed by atoms with Crippen LogP contribution in [0.25, 0.3) is 5.70 Å². The maximum absolute atomic E-state index is 15.0. The van der Waals surface area contributed by atoms with Gasteiger partial charge in [-0.3, -0.25) is 19.6 Å². The summed E-state index contributed by atoms with van der Waals surface area (Å²) in [5, 5.41) is 27.0. The number of alkyl halides is 3. The van der Waals surface area contributed by atoms with Gasteiger partial charge in [-0.1, -0.05) is 54.9 Å². The molecule has 9 rings (SSSR count). The van der Waals surface area contributed by atoms with Gasteiger partial charge >= 0.3 is 6.18 Å². The van der Waals surface area contributed by atoms with E-state index in [-0.39, 0.29) is 40.8 Å². The first-order valence-electron chi connectivity index (χ1n) is 21.6. The average Bonchev–Trinajstić information content (AvgIpc) is 3.62. The van der Waals surface area contributed by atoms with Crippen molar-refractivity contribution in [3.8, 4) is 0 Å². The van der Waals surface area contributed by atoms with Gasteiger partial charge in [0.1, 0.15) is 11.7 Å². The van der Waals surface area contributed by atoms with Gasteiger partial charge < -0.3 is 30.0 Å². The van der Waals surface area contributed by atoms with Crippen molar-refractivity contribution in [2.24, 2.45) is 17.8 Å². The molecule has 0 spiro atoms. The minimum Gasteiger partial charge on any atom is -0.389 e. The van der Waals surface area contributed by atoms with Crippen LogP contribution in [-0.2, 0) is 14.8 Å². The molecular formula is C47H47ClF3N7O6S2. The first kappa shape index (κ1) is 45.5. The number of rotatable bonds is 12. The normalized spacial score (nSPS) is 23.2. The largest absolute Gasteiger partial charge is 0.409 e. The van der Waals surface area contributed by atoms with Gasteiger partial charge in [-0.05, 0) is 83.8 Å². The number of piperidine rings is 1. The molecule has 0 radical (unpaired) electrons. The minimum atomic E-state index is -4.71. The smallest absolute Gasteiger partial charge is 0.389 e. The highest BCUT2D eigenvalue weighted by molar-refractivity contribution is 7.99. The van der Waals surface area contributed by atoms with E-state index in [0.29, 0.717) is 71.6 Å². The Balaban J connectivity index is 0.908. The van der Waals surface area contributed by atoms with Gasteiger partial charge in [0.15, 0.2) is 0 Å². The summed E-state index contributed by atoms with van der Waals surface area (Å²) in [5.74, 6) is -2.43. The van der Waals surface area contributed by atoms with Crippen LogP contribution in [0, 0.1) is 27.9 Å². The molecule has 1 aliphatic carbocycles. The number of anilines is 3. The fourth-order valence-corrected chi connectivity index (χ4v) is 12.2. The number of fused-ring (bicyclic) bond motifs is 2. The van der Waals surface area contributed by atoms with Gasteiger partial charge in [0.2, 0.25) is 5.91 Å². The number of hydrogen-bond donors (Lipinski definition) is 3. The maximum Gasteiger partial charge on any atom is 0.409 e. The van der Waals surface area contributed by atoms with E-state index in [9.17, 15) is 28.4 Å². The van der Waals surface area contributed by atoms with Crippen molar-refractivity contribution >= 4 is 67.7 Å². The van der Waals surface area contributed by atoms with Crippen LogP contribution in [0.2, 0.25) is 5.02 Å². The van der Waals surface area contributed by atoms with Gasteiger partial charge in [0, 0.05) is 108 Å². The number of aliphatic hydroxyl groups is 1. The van der Waals surface area contributed by atoms with Crippen LogP contribution in [0.5, 0.6) is 0 Å². The Morgan fingerprint density at radius 2 is 1.61 bits per heavy atom. The predicted molar refractivity (Wildman–Crippen MR) is 249 cm³/mol. The molecule has 5 atom stereocenters. The Morgan fingerprint density at radius 3 is 2.27 bits per heavy atom. The molecule has 19 heteroatoms. The number of thioether (sulfide) groups is 1. The zero-order valence-corrected chi connectivity index (χ0v) is 38.3. The van der Waals surface area contributed by atoms with Crippen molar-refractivity contribution in [2.75, 3.05) is 67.0 Å². The van der Waals surface area contributed by atoms with E-state index < -0.39 is 51.0 Å². The predicted octanol–water partition coefficient (Wildman–Crippen LogP) is 8.29. The summed E-state index contributed by atoms with van der Waals surface area (Å²) in [4.78, 5) is 33.5. The standard InChI is InChI=1S/C47H47ClF3N7O6S2/c1-28-37(27-35-41-42(46(60)57-20-18-39(59)40(28)44(35)57)45(47(49,50)51)54(2)43(41)29-8-10-30(48)11-9-29)56-23-21-55(22-24-56)32-14-12-31(13-15-32)53-66(63,64)34-16-17-36(38(26-34)58(61)62)52-19-25-65-33-6-4-3-5-7-33/h3-17,26-28,35,39,42,45,52-53,59H,18-25H2,1-2H3. The summed E-state index contributed by atoms with van der Waals surface area (Å²) < 4.78 is 74.5. The number of carbonyl (C=O) groups excluding carboxylic acids is 1. The van der Waals surface area contributed by atoms with Gasteiger partial charge in [-0.25, -0.2) is 8.42 Å². The number of carbonyl (C=O) groups is 1. The van der Waals surface area contributed by atoms with Crippen LogP contribution in [0.4, 0.5) is 35.9 Å². The number of halogens is 4. The second kappa shape index (κ2) is 17.8. The zero-order valence-electron chi connectivity index (χ0n) is 35.9. The first-order valence-corrected chi connectivity index (χ1v) is 24.4. The number of nitrogens with zero attached hydrogens (tertiary/aromatic N) is 5. The number of allylic oxidation sites excluding steroid dienone is 2. The Bertz CT molecular complexity index is 2750. The number of benzene rings is 4. The van der Waals surface area contributed by atoms with Crippen molar-refractivity contribution in [1.29, 1.82) is 0 Å². The number of amides is 1. The molecule has 3 N–H and O–H groups in total. The lowest BCUT2D eigenvalue weighted by molar-refractivity contribution is -0.384. The molecule has 5 aliphatic rings. The lowest BCUT2D eigenvalue weighted by Crippen LogP contribution is -2.56. The van der Waals surface area contributed by atoms with Crippen molar-refractivity contribution < 1.29 is 36.4 Å². The van der Waals surface area contributed by atoms with Crippen LogP contribution < -0.4 is 14.9 Å². The molecule has 346 valence electrons. The van der Waals surface area contributed by atoms with E-state index in [0.717, 1.165) is 22.3 Å². The highest BCUT2D eigenvalue weighted by Crippen LogP contribution is 2.57. The van der Waals surface area contributed by atoms with Gasteiger partial charge in [-0.2, -0.15) is 13.2 Å². The van der Waals surface area contributed by atoms with Gasteiger partial charge in [0.25, 0.3) is 15.7 Å². The summed E-state index contributed by atoms with van der Waals surface area (Å²) in [6, 6.07) is 24.9. The number of sulfonamides is 1. The third-order valence-electron chi connectivity index (χ3n) is 13.2. The lowest BCUT2D eigenvalue weighted by Gasteiger charge is -2.50. The third-order valence-corrected chi connectivity index (χ3v) is 15.8. The van der Waals surface area contributed by atoms with E-state index in [4.69, 9.17) is 11.6 Å². The molecule has 4 aromatic rings. The SMILES string of the molecule is CC1C(N2CCN(c3ccc(NS(=O)(=O)c4ccc(NCCSc5ccccc5)c([N+](=O)[O-])c4)cc3)CC2)=CC2C3=C(c4ccc(Cl)cc4)N(C)C(C(F)(F)F)C3C(=O)N3CCC(O)C1=C23. The molecule has 2 fully saturated rings. The van der Waals surface area contributed by atoms with E-state index in [2.05, 4.69) is 19.8 Å². The molecule has 4 aromatic carbocycles. The Labute approximate surface area is 389 Å². The van der Waals surface area contributed by atoms with E-state index >= 15 is 13.2 Å². The summed E-state index contributed by atoms with van der Waals surface area (Å²) in [7, 11) is -2.81. The fourth-order valence-electron chi connectivity index (χ4n) is 10.2. The molecule has 1 amide bonds. The van der Waals surface area contributed by atoms with Gasteiger partial charge in [-0.15, -0.1) is 11.8 Å². The Hall–Kier alpha value is -5.69. The molecular weight excluding hydrogens is 915 g/mol. The van der Waals surface area contributed by atoms with E-state index in [1.165, 1.54) is 29.0 Å². The maximum atomic E-state index is 15.0. The number of nitrogens with one attached hydrogen (secondary N) is 2. The van der Waals surface area contributed by atoms with Crippen LogP contribution >= 0.6 is 23.4 Å². The van der Waals surface area contributed by atoms with Crippen LogP contribution in [0.15, 0.2) is 135 Å². The number of nitro benzene ring substituents is 1. The number of piperazine rings is 1. The fraction of sp³-hybridized carbons (Fsp3) is 0.340. The van der Waals surface area contributed by atoms with Crippen molar-refractivity contribution in [3.05, 3.63) is 146 Å². The highest BCUT2D eigenvalue weighted by Gasteiger charge is 2.62. The zero-order chi connectivity index (χ0) is 46.7. The second-order valence-corrected chi connectivity index (χ2v) is 20.2. The highest BCUT2D eigenvalue weighted by atomic mass is 35.5. The average molecular weight is 963 g/mol. The minimum absolute atomic E-state index is 0.126. The molecule has 4 aliphatic heterocycles. The quantitative estimate of drug-likeness (QED) is 0.0545. The van der Waals surface area contributed by atoms with Crippen molar-refractivity contribution in [1.82, 2.24) is 14.7 Å². The Kier molecular flexibility index (Phi) is 12.3. The molecule has 0 bridgehead atoms. The molecule has 0 saturated carbocycles. The van der Waals surface area contributed by atoms with E-state index in [1.54, 1.807) is 60.3 Å². The van der Waals surface area contributed by atoms with Crippen molar-refractivity contribution in [2.45, 2.75) is 41.5 Å². The Morgan fingerprint density at radius 1 is 0.924 bits per heavy atom. The van der Waals surface area contributed by atoms with Crippen molar-refractivity contribution in [3.63, 3.8) is 0 Å². The molecule has 5 unspecified atom stereocenters. The lowest BCUT2D eigenvalue weighted by atomic mass is 9.69. The third kappa shape index (κ3) is 8.48. The molecule has 4 heterocycles. The number of hydrogen-bond acceptors (Lipinski definition) is 11. The number of aliphatic hydroxyl groups excluding tert-OH is 1. The molecule has 2 saturated heterocycles. The molecule has 66 heavy (non-hydrogen) atoms. The van der Waals surface area contributed by atoms with E-state index in [1.807, 2.05) is 43.3 Å². The summed E-state index contributed by atoms with van der Waals surface area (Å²) in [6.07, 6.45) is -3.36.